The molecule has 0 saturated carbocycles. The summed E-state index contributed by atoms with van der Waals surface area (Å²) in [6, 6.07) is 4.10. The predicted octanol–water partition coefficient (Wildman–Crippen LogP) is 5.52. The summed E-state index contributed by atoms with van der Waals surface area (Å²) in [5.41, 5.74) is -7.32. The van der Waals surface area contributed by atoms with Gasteiger partial charge in [-0.05, 0) is 24.3 Å². The Kier molecular flexibility index (Phi) is 7.63. The molecule has 0 saturated heterocycles. The summed E-state index contributed by atoms with van der Waals surface area (Å²) in [5, 5.41) is 0. The van der Waals surface area contributed by atoms with Crippen molar-refractivity contribution in [2.24, 2.45) is 0 Å². The molecular weight excluding hydrogens is 601 g/mol. The molecule has 5 heterocycles. The first kappa shape index (κ1) is 29.6. The average molecular weight is 615 g/mol. The van der Waals surface area contributed by atoms with Crippen molar-refractivity contribution in [2.75, 3.05) is 14.2 Å². The van der Waals surface area contributed by atoms with E-state index in [0.29, 0.717) is 0 Å². The summed E-state index contributed by atoms with van der Waals surface area (Å²) in [7, 11) is 1.98. The number of aromatic nitrogens is 4. The fourth-order valence-corrected chi connectivity index (χ4v) is 4.29. The summed E-state index contributed by atoms with van der Waals surface area (Å²) in [5.74, 6) is -2.17. The molecule has 3 aromatic heterocycles. The largest absolute Gasteiger partial charge is 3.00 e. The van der Waals surface area contributed by atoms with Crippen LogP contribution in [0.2, 0.25) is 0 Å². The van der Waals surface area contributed by atoms with Gasteiger partial charge in [-0.3, -0.25) is 0 Å². The molecule has 0 unspecified atom stereocenters. The molecule has 15 heteroatoms. The van der Waals surface area contributed by atoms with Crippen molar-refractivity contribution in [3.05, 3.63) is 69.3 Å². The van der Waals surface area contributed by atoms with E-state index in [1.54, 1.807) is 0 Å². The Bertz CT molecular complexity index is 1670. The van der Waals surface area contributed by atoms with Gasteiger partial charge in [0.1, 0.15) is 0 Å². The maximum absolute atomic E-state index is 14.3. The van der Waals surface area contributed by atoms with Gasteiger partial charge in [0, 0.05) is 0 Å². The van der Waals surface area contributed by atoms with E-state index in [9.17, 15) is 35.9 Å². The zero-order valence-corrected chi connectivity index (χ0v) is 21.9. The topological polar surface area (TPSA) is 107 Å². The fourth-order valence-electron chi connectivity index (χ4n) is 4.29. The molecule has 41 heavy (non-hydrogen) atoms. The molecule has 3 aromatic rings. The Balaban J connectivity index is 0.00000387. The summed E-state index contributed by atoms with van der Waals surface area (Å²) < 4.78 is 95.1. The van der Waals surface area contributed by atoms with Crippen molar-refractivity contribution in [1.82, 2.24) is 19.9 Å². The third-order valence-electron chi connectivity index (χ3n) is 5.96. The van der Waals surface area contributed by atoms with Crippen LogP contribution in [-0.4, -0.2) is 36.1 Å². The first-order chi connectivity index (χ1) is 18.8. The summed E-state index contributed by atoms with van der Waals surface area (Å²) in [4.78, 5) is 41.0. The van der Waals surface area contributed by atoms with Gasteiger partial charge in [-0.1, -0.05) is 24.3 Å². The molecule has 0 fully saturated rings. The van der Waals surface area contributed by atoms with Gasteiger partial charge in [0.05, 0.1) is 59.2 Å². The minimum atomic E-state index is -4.99. The third kappa shape index (κ3) is 5.25. The van der Waals surface area contributed by atoms with Crippen molar-refractivity contribution in [2.45, 2.75) is 12.4 Å². The molecule has 8 nitrogen and oxygen atoms in total. The molecule has 2 aliphatic rings. The van der Waals surface area contributed by atoms with Gasteiger partial charge in [-0.25, -0.2) is 19.6 Å². The van der Waals surface area contributed by atoms with E-state index in [4.69, 9.17) is 9.47 Å². The second kappa shape index (κ2) is 10.6. The van der Waals surface area contributed by atoms with E-state index < -0.39 is 69.0 Å². The maximum atomic E-state index is 14.3. The van der Waals surface area contributed by atoms with Gasteiger partial charge in [-0.2, -0.15) is 26.3 Å². The van der Waals surface area contributed by atoms with Crippen LogP contribution in [0, 0.1) is 0 Å². The standard InChI is InChI=1S/C26H15F6N4O4.Mn/c1-39-23(37)19-11-3-7-15(33-11)21(25(27,28)29)17-9-5-13(35-17)20(24(38)40-2)14-6-10-18(36-14)22(26(30,31)32)16-8-4-12(19)34-16;/h3-10H,1-2H3,(H-,33,34,35,36,37,38);/q-1;+3/p-1. The number of hydrogen-bond donors (Lipinski definition) is 0. The second-order valence-electron chi connectivity index (χ2n) is 8.34. The average Bonchev–Trinajstić information content (AvgIpc) is 3.67. The van der Waals surface area contributed by atoms with Crippen molar-refractivity contribution in [1.29, 1.82) is 0 Å². The van der Waals surface area contributed by atoms with Crippen molar-refractivity contribution < 1.29 is 62.5 Å². The Morgan fingerprint density at radius 2 is 0.927 bits per heavy atom. The quantitative estimate of drug-likeness (QED) is 0.145. The first-order valence-electron chi connectivity index (χ1n) is 11.2. The minimum absolute atomic E-state index is 0. The zero-order chi connectivity index (χ0) is 29.0. The maximum Gasteiger partial charge on any atom is 3.00 e. The molecule has 8 bridgehead atoms. The second-order valence-corrected chi connectivity index (χ2v) is 8.34. The summed E-state index contributed by atoms with van der Waals surface area (Å²) in [6.45, 7) is 0. The van der Waals surface area contributed by atoms with Crippen LogP contribution in [0.5, 0.6) is 0 Å². The van der Waals surface area contributed by atoms with Crippen LogP contribution >= 0.6 is 0 Å². The van der Waals surface area contributed by atoms with E-state index in [1.807, 2.05) is 0 Å². The van der Waals surface area contributed by atoms with E-state index in [2.05, 4.69) is 19.9 Å². The number of hydrogen-bond acceptors (Lipinski definition) is 6. The molecule has 0 aliphatic carbocycles. The first-order valence-corrected chi connectivity index (χ1v) is 11.2. The number of methoxy groups -OCH3 is 2. The number of rotatable bonds is 2. The number of ether oxygens (including phenoxy) is 2. The number of esters is 2. The van der Waals surface area contributed by atoms with E-state index in [-0.39, 0.29) is 39.5 Å². The van der Waals surface area contributed by atoms with Crippen LogP contribution in [0.25, 0.3) is 46.4 Å². The fraction of sp³-hybridized carbons (Fsp3) is 0.154. The molecule has 5 rings (SSSR count). The van der Waals surface area contributed by atoms with E-state index in [0.717, 1.165) is 62.8 Å². The van der Waals surface area contributed by atoms with Crippen LogP contribution < -0.4 is 9.97 Å². The van der Waals surface area contributed by atoms with Gasteiger partial charge < -0.3 is 19.4 Å². The number of halogens is 6. The van der Waals surface area contributed by atoms with E-state index in [1.165, 1.54) is 0 Å². The minimum Gasteiger partial charge on any atom is -0.657 e. The number of nitrogens with zero attached hydrogens (tertiary/aromatic N) is 4. The molecule has 0 N–H and O–H groups in total. The summed E-state index contributed by atoms with van der Waals surface area (Å²) in [6.07, 6.45) is -5.88. The Labute approximate surface area is 236 Å². The SMILES string of the molecule is COC(=O)c1c2nc(c(C(F)(F)F)c3ccc([n-]3)c(C(=O)OC)c3nc(c(C(F)(F)F)c4ccc1[n-]4)C=C3)C=C2.[Mn+3]. The molecular formula is C26H14F6MnN4O4+. The van der Waals surface area contributed by atoms with Crippen molar-refractivity contribution in [3.63, 3.8) is 0 Å². The van der Waals surface area contributed by atoms with Crippen LogP contribution in [0.1, 0.15) is 54.6 Å². The van der Waals surface area contributed by atoms with Gasteiger partial charge in [0.15, 0.2) is 0 Å². The molecule has 0 aromatic carbocycles. The summed E-state index contributed by atoms with van der Waals surface area (Å²) >= 11 is 0. The van der Waals surface area contributed by atoms with Crippen LogP contribution in [0.15, 0.2) is 24.3 Å². The van der Waals surface area contributed by atoms with Gasteiger partial charge in [0.2, 0.25) is 0 Å². The van der Waals surface area contributed by atoms with Crippen LogP contribution in [0.4, 0.5) is 26.3 Å². The monoisotopic (exact) mass is 615 g/mol. The predicted molar refractivity (Wildman–Crippen MR) is 129 cm³/mol. The van der Waals surface area contributed by atoms with Gasteiger partial charge >= 0.3 is 41.4 Å². The number of carbonyl (C=O) groups is 2. The molecule has 0 radical (unpaired) electrons. The number of fused-ring (bicyclic) bond motifs is 8. The molecule has 0 atom stereocenters. The van der Waals surface area contributed by atoms with Gasteiger partial charge in [0.25, 0.3) is 0 Å². The smallest absolute Gasteiger partial charge is 0.657 e. The van der Waals surface area contributed by atoms with Gasteiger partial charge in [-0.15, -0.1) is 22.1 Å². The molecule has 0 amide bonds. The van der Waals surface area contributed by atoms with Crippen LogP contribution in [0.3, 0.4) is 0 Å². The molecule has 2 aliphatic heterocycles. The molecule has 0 spiro atoms. The zero-order valence-electron chi connectivity index (χ0n) is 20.7. The van der Waals surface area contributed by atoms with Crippen LogP contribution in [-0.2, 0) is 38.9 Å². The van der Waals surface area contributed by atoms with Crippen molar-refractivity contribution >= 4 is 58.3 Å². The number of alkyl halides is 6. The Hall–Kier alpha value is -4.36. The normalized spacial score (nSPS) is 12.7. The number of carbonyl (C=O) groups excluding carboxylic acids is 2. The third-order valence-corrected chi connectivity index (χ3v) is 5.96. The Morgan fingerprint density at radius 3 is 1.24 bits per heavy atom. The van der Waals surface area contributed by atoms with E-state index >= 15 is 0 Å². The molecule has 210 valence electrons. The van der Waals surface area contributed by atoms with Crippen molar-refractivity contribution in [3.8, 4) is 0 Å². The Morgan fingerprint density at radius 1 is 0.610 bits per heavy atom.